The highest BCUT2D eigenvalue weighted by molar-refractivity contribution is 8.17. The fourth-order valence-electron chi connectivity index (χ4n) is 2.80. The zero-order chi connectivity index (χ0) is 20.3. The Labute approximate surface area is 182 Å². The predicted octanol–water partition coefficient (Wildman–Crippen LogP) is 5.64. The average Bonchev–Trinajstić information content (AvgIpc) is 3.19. The normalized spacial score (nSPS) is 15.4. The van der Waals surface area contributed by atoms with E-state index >= 15 is 0 Å². The summed E-state index contributed by atoms with van der Waals surface area (Å²) in [4.78, 5) is 11.7. The molecule has 1 aromatic carbocycles. The number of benzene rings is 1. The smallest absolute Gasteiger partial charge is 0.183 e. The number of hydrogen-bond donors (Lipinski definition) is 2. The molecule has 0 radical (unpaired) electrons. The fourth-order valence-corrected chi connectivity index (χ4v) is 4.58. The minimum absolute atomic E-state index is 0.505. The van der Waals surface area contributed by atoms with E-state index in [1.54, 1.807) is 23.1 Å². The molecule has 0 saturated heterocycles. The summed E-state index contributed by atoms with van der Waals surface area (Å²) in [6.45, 7) is 6.56. The van der Waals surface area contributed by atoms with Gasteiger partial charge in [0.1, 0.15) is 0 Å². The molecule has 1 aromatic heterocycles. The highest BCUT2D eigenvalue weighted by atomic mass is 32.2. The second-order valence-electron chi connectivity index (χ2n) is 6.83. The van der Waals surface area contributed by atoms with E-state index in [9.17, 15) is 0 Å². The summed E-state index contributed by atoms with van der Waals surface area (Å²) in [5.41, 5.74) is 1.26. The fraction of sp³-hybridized carbons (Fsp3) is 0.304. The minimum atomic E-state index is 0.505. The van der Waals surface area contributed by atoms with Crippen LogP contribution >= 0.6 is 23.1 Å². The van der Waals surface area contributed by atoms with Gasteiger partial charge in [0.15, 0.2) is 10.3 Å². The van der Waals surface area contributed by atoms with E-state index in [-0.39, 0.29) is 0 Å². The average molecular weight is 425 g/mol. The molecule has 4 nitrogen and oxygen atoms in total. The summed E-state index contributed by atoms with van der Waals surface area (Å²) < 4.78 is 0. The van der Waals surface area contributed by atoms with Crippen molar-refractivity contribution >= 4 is 33.4 Å². The second kappa shape index (κ2) is 11.6. The van der Waals surface area contributed by atoms with Crippen LogP contribution < -0.4 is 10.6 Å². The lowest BCUT2D eigenvalue weighted by molar-refractivity contribution is 0.731. The van der Waals surface area contributed by atoms with Crippen LogP contribution in [0.2, 0.25) is 0 Å². The van der Waals surface area contributed by atoms with Gasteiger partial charge in [-0.25, -0.2) is 4.98 Å². The van der Waals surface area contributed by atoms with E-state index in [1.807, 2.05) is 25.3 Å². The number of nitrogens with one attached hydrogen (secondary N) is 2. The van der Waals surface area contributed by atoms with Gasteiger partial charge < -0.3 is 10.6 Å². The predicted molar refractivity (Wildman–Crippen MR) is 129 cm³/mol. The summed E-state index contributed by atoms with van der Waals surface area (Å²) in [7, 11) is 0. The molecule has 0 spiro atoms. The molecule has 2 heterocycles. The Hall–Kier alpha value is -2.31. The molecular formula is C23H28N4S2. The summed E-state index contributed by atoms with van der Waals surface area (Å²) in [5, 5.41) is 8.85. The number of nitrogens with zero attached hydrogens (tertiary/aromatic N) is 2. The molecule has 2 N–H and O–H groups in total. The van der Waals surface area contributed by atoms with Crippen molar-refractivity contribution in [2.75, 3.05) is 18.4 Å². The maximum absolute atomic E-state index is 4.56. The molecule has 6 heteroatoms. The first-order chi connectivity index (χ1) is 14.2. The topological polar surface area (TPSA) is 49.3 Å². The molecule has 0 bridgehead atoms. The van der Waals surface area contributed by atoms with E-state index < -0.39 is 0 Å². The summed E-state index contributed by atoms with van der Waals surface area (Å²) in [6.07, 6.45) is 13.6. The summed E-state index contributed by atoms with van der Waals surface area (Å²) >= 11 is 3.44. The Bertz CT molecular complexity index is 881. The van der Waals surface area contributed by atoms with Crippen LogP contribution in [0.4, 0.5) is 5.13 Å². The van der Waals surface area contributed by atoms with Gasteiger partial charge in [0.25, 0.3) is 0 Å². The quantitative estimate of drug-likeness (QED) is 0.511. The third kappa shape index (κ3) is 7.55. The lowest BCUT2D eigenvalue weighted by atomic mass is 10.1. The first kappa shape index (κ1) is 21.4. The Morgan fingerprint density at radius 1 is 1.14 bits per heavy atom. The molecule has 0 amide bonds. The Morgan fingerprint density at radius 3 is 2.83 bits per heavy atom. The number of amidine groups is 1. The molecular weight excluding hydrogens is 396 g/mol. The molecule has 1 atom stereocenters. The largest absolute Gasteiger partial charge is 0.361 e. The second-order valence-corrected chi connectivity index (χ2v) is 9.07. The highest BCUT2D eigenvalue weighted by Gasteiger charge is 2.11. The Balaban J connectivity index is 1.42. The van der Waals surface area contributed by atoms with Crippen molar-refractivity contribution in [2.45, 2.75) is 26.8 Å². The Kier molecular flexibility index (Phi) is 8.58. The van der Waals surface area contributed by atoms with Gasteiger partial charge in [-0.3, -0.25) is 4.99 Å². The molecule has 152 valence electrons. The van der Waals surface area contributed by atoms with Gasteiger partial charge in [-0.15, -0.1) is 11.3 Å². The number of hydrogen-bond acceptors (Lipinski definition) is 6. The van der Waals surface area contributed by atoms with Crippen LogP contribution in [0, 0.1) is 5.92 Å². The SMILES string of the molecule is C/C=C\C=C/C(C)Cc1cnc(NCC2=CCN=C(NCc3ccccc3)S2)s1. The molecule has 1 aliphatic rings. The number of aromatic nitrogens is 1. The standard InChI is InChI=1S/C23H28N4S2/c1-3-4-6-9-18(2)14-21-17-27-23(29-21)26-16-20-12-13-24-22(28-20)25-15-19-10-7-5-8-11-19/h3-12,17-18H,13-16H2,1-2H3,(H,24,25)(H,26,27)/b4-3-,9-6-. The van der Waals surface area contributed by atoms with Crippen LogP contribution in [-0.4, -0.2) is 23.2 Å². The van der Waals surface area contributed by atoms with Gasteiger partial charge in [0, 0.05) is 29.1 Å². The van der Waals surface area contributed by atoms with Gasteiger partial charge in [0.05, 0.1) is 6.54 Å². The highest BCUT2D eigenvalue weighted by Crippen LogP contribution is 2.25. The first-order valence-electron chi connectivity index (χ1n) is 9.90. The number of aliphatic imine (C=N–C) groups is 1. The third-order valence-electron chi connectivity index (χ3n) is 4.30. The Morgan fingerprint density at radius 2 is 2.00 bits per heavy atom. The lowest BCUT2D eigenvalue weighted by Crippen LogP contribution is -2.23. The van der Waals surface area contributed by atoms with Crippen molar-refractivity contribution < 1.29 is 0 Å². The van der Waals surface area contributed by atoms with Gasteiger partial charge in [0.2, 0.25) is 0 Å². The molecule has 0 aliphatic carbocycles. The molecule has 29 heavy (non-hydrogen) atoms. The van der Waals surface area contributed by atoms with Crippen molar-refractivity contribution in [3.63, 3.8) is 0 Å². The molecule has 0 fully saturated rings. The molecule has 1 unspecified atom stereocenters. The van der Waals surface area contributed by atoms with Gasteiger partial charge >= 0.3 is 0 Å². The first-order valence-corrected chi connectivity index (χ1v) is 11.5. The number of rotatable bonds is 9. The monoisotopic (exact) mass is 424 g/mol. The summed E-state index contributed by atoms with van der Waals surface area (Å²) in [6, 6.07) is 10.4. The van der Waals surface area contributed by atoms with Crippen molar-refractivity contribution in [3.05, 3.63) is 82.3 Å². The maximum atomic E-state index is 4.56. The van der Waals surface area contributed by atoms with Crippen molar-refractivity contribution in [1.82, 2.24) is 10.3 Å². The van der Waals surface area contributed by atoms with E-state index in [1.165, 1.54) is 15.3 Å². The zero-order valence-electron chi connectivity index (χ0n) is 17.0. The molecule has 1 aliphatic heterocycles. The number of anilines is 1. The van der Waals surface area contributed by atoms with E-state index in [0.717, 1.165) is 36.4 Å². The maximum Gasteiger partial charge on any atom is 0.183 e. The summed E-state index contributed by atoms with van der Waals surface area (Å²) in [5.74, 6) is 0.505. The van der Waals surface area contributed by atoms with Crippen molar-refractivity contribution in [1.29, 1.82) is 0 Å². The van der Waals surface area contributed by atoms with Crippen LogP contribution in [0.15, 0.2) is 76.8 Å². The molecule has 0 saturated carbocycles. The van der Waals surface area contributed by atoms with E-state index in [0.29, 0.717) is 5.92 Å². The van der Waals surface area contributed by atoms with Crippen LogP contribution in [0.1, 0.15) is 24.3 Å². The number of allylic oxidation sites excluding steroid dienone is 4. The van der Waals surface area contributed by atoms with Gasteiger partial charge in [-0.2, -0.15) is 0 Å². The zero-order valence-corrected chi connectivity index (χ0v) is 18.6. The van der Waals surface area contributed by atoms with Gasteiger partial charge in [-0.1, -0.05) is 79.4 Å². The molecule has 3 rings (SSSR count). The number of thiazole rings is 1. The van der Waals surface area contributed by atoms with Crippen molar-refractivity contribution in [2.24, 2.45) is 10.9 Å². The van der Waals surface area contributed by atoms with Crippen LogP contribution in [0.25, 0.3) is 0 Å². The van der Waals surface area contributed by atoms with Gasteiger partial charge in [-0.05, 0) is 24.8 Å². The van der Waals surface area contributed by atoms with Crippen molar-refractivity contribution in [3.8, 4) is 0 Å². The third-order valence-corrected chi connectivity index (χ3v) is 6.32. The van der Waals surface area contributed by atoms with Crippen LogP contribution in [0.3, 0.4) is 0 Å². The number of thioether (sulfide) groups is 1. The minimum Gasteiger partial charge on any atom is -0.361 e. The molecule has 2 aromatic rings. The van der Waals surface area contributed by atoms with E-state index in [4.69, 9.17) is 0 Å². The lowest BCUT2D eigenvalue weighted by Gasteiger charge is -2.15. The van der Waals surface area contributed by atoms with Crippen LogP contribution in [-0.2, 0) is 13.0 Å². The van der Waals surface area contributed by atoms with E-state index in [2.05, 4.69) is 76.1 Å². The van der Waals surface area contributed by atoms with Crippen LogP contribution in [0.5, 0.6) is 0 Å².